The Hall–Kier alpha value is -2.48. The Morgan fingerprint density at radius 2 is 2.21 bits per heavy atom. The number of aromatic nitrogens is 1. The lowest BCUT2D eigenvalue weighted by Gasteiger charge is -2.21. The number of carbonyl (C=O) groups is 3. The quantitative estimate of drug-likeness (QED) is 0.311. The lowest BCUT2D eigenvalue weighted by molar-refractivity contribution is -0.134. The molecular weight excluding hydrogens is 250 g/mol. The first-order valence-corrected chi connectivity index (χ1v) is 5.67. The zero-order valence-electron chi connectivity index (χ0n) is 9.97. The van der Waals surface area contributed by atoms with Crippen LogP contribution in [0, 0.1) is 0 Å². The van der Waals surface area contributed by atoms with Gasteiger partial charge in [0.15, 0.2) is 0 Å². The molecule has 2 rings (SSSR count). The van der Waals surface area contributed by atoms with Crippen LogP contribution in [0.1, 0.15) is 23.2 Å². The lowest BCUT2D eigenvalue weighted by atomic mass is 10.1. The van der Waals surface area contributed by atoms with Gasteiger partial charge in [-0.2, -0.15) is 0 Å². The van der Waals surface area contributed by atoms with Crippen LogP contribution in [0.15, 0.2) is 18.3 Å². The molecule has 19 heavy (non-hydrogen) atoms. The molecule has 8 heteroatoms. The monoisotopic (exact) mass is 263 g/mol. The van der Waals surface area contributed by atoms with Crippen molar-refractivity contribution in [2.75, 3.05) is 5.43 Å². The average Bonchev–Trinajstić information content (AvgIpc) is 2.42. The minimum Gasteiger partial charge on any atom is -0.340 e. The van der Waals surface area contributed by atoms with Crippen LogP contribution in [-0.2, 0) is 9.59 Å². The zero-order chi connectivity index (χ0) is 13.8. The molecule has 1 aromatic rings. The van der Waals surface area contributed by atoms with Crippen LogP contribution in [0.4, 0.5) is 5.82 Å². The topological polar surface area (TPSA) is 126 Å². The number of amides is 3. The third-order valence-corrected chi connectivity index (χ3v) is 2.72. The Morgan fingerprint density at radius 1 is 1.42 bits per heavy atom. The molecule has 100 valence electrons. The number of nitrogens with zero attached hydrogens (tertiary/aromatic N) is 1. The molecule has 1 atom stereocenters. The van der Waals surface area contributed by atoms with Crippen LogP contribution in [0.25, 0.3) is 0 Å². The summed E-state index contributed by atoms with van der Waals surface area (Å²) in [4.78, 5) is 38.2. The number of hydrazine groups is 1. The number of imide groups is 1. The van der Waals surface area contributed by atoms with Crippen molar-refractivity contribution in [1.29, 1.82) is 0 Å². The van der Waals surface area contributed by atoms with Crippen molar-refractivity contribution in [1.82, 2.24) is 15.6 Å². The number of rotatable bonds is 3. The van der Waals surface area contributed by atoms with Gasteiger partial charge in [-0.1, -0.05) is 0 Å². The summed E-state index contributed by atoms with van der Waals surface area (Å²) in [6, 6.07) is 2.38. The summed E-state index contributed by atoms with van der Waals surface area (Å²) in [7, 11) is 0. The summed E-state index contributed by atoms with van der Waals surface area (Å²) < 4.78 is 0. The van der Waals surface area contributed by atoms with Crippen LogP contribution >= 0.6 is 0 Å². The van der Waals surface area contributed by atoms with Crippen molar-refractivity contribution in [2.45, 2.75) is 18.9 Å². The van der Waals surface area contributed by atoms with Crippen molar-refractivity contribution in [3.8, 4) is 0 Å². The van der Waals surface area contributed by atoms with E-state index in [0.29, 0.717) is 17.8 Å². The molecule has 1 unspecified atom stereocenters. The molecule has 8 nitrogen and oxygen atoms in total. The van der Waals surface area contributed by atoms with Crippen molar-refractivity contribution in [3.63, 3.8) is 0 Å². The molecule has 0 saturated carbocycles. The number of nitrogens with one attached hydrogen (secondary N) is 3. The van der Waals surface area contributed by atoms with E-state index in [1.807, 2.05) is 0 Å². The maximum absolute atomic E-state index is 11.9. The lowest BCUT2D eigenvalue weighted by Crippen LogP contribution is -2.52. The van der Waals surface area contributed by atoms with E-state index in [4.69, 9.17) is 5.84 Å². The van der Waals surface area contributed by atoms with Gasteiger partial charge in [0.1, 0.15) is 11.9 Å². The molecule has 0 spiro atoms. The second kappa shape index (κ2) is 5.44. The minimum absolute atomic E-state index is 0.213. The van der Waals surface area contributed by atoms with Gasteiger partial charge in [0.25, 0.3) is 5.91 Å². The normalized spacial score (nSPS) is 18.7. The highest BCUT2D eigenvalue weighted by Crippen LogP contribution is 2.07. The zero-order valence-corrected chi connectivity index (χ0v) is 9.97. The first-order chi connectivity index (χ1) is 9.10. The molecule has 1 aliphatic rings. The van der Waals surface area contributed by atoms with Gasteiger partial charge < -0.3 is 10.7 Å². The van der Waals surface area contributed by atoms with E-state index >= 15 is 0 Å². The molecule has 0 bridgehead atoms. The van der Waals surface area contributed by atoms with E-state index in [1.165, 1.54) is 12.3 Å². The Kier molecular flexibility index (Phi) is 3.71. The summed E-state index contributed by atoms with van der Waals surface area (Å²) in [6.07, 6.45) is 1.85. The number of pyridine rings is 1. The molecule has 0 aliphatic carbocycles. The van der Waals surface area contributed by atoms with Crippen molar-refractivity contribution in [3.05, 3.63) is 23.9 Å². The molecular formula is C11H13N5O3. The molecule has 1 aliphatic heterocycles. The number of nitrogen functional groups attached to an aromatic ring is 1. The summed E-state index contributed by atoms with van der Waals surface area (Å²) >= 11 is 0. The van der Waals surface area contributed by atoms with Gasteiger partial charge in [-0.15, -0.1) is 0 Å². The Morgan fingerprint density at radius 3 is 2.79 bits per heavy atom. The van der Waals surface area contributed by atoms with E-state index in [-0.39, 0.29) is 12.3 Å². The first kappa shape index (κ1) is 13.0. The summed E-state index contributed by atoms with van der Waals surface area (Å²) in [5.74, 6) is 4.35. The van der Waals surface area contributed by atoms with Gasteiger partial charge in [-0.25, -0.2) is 10.8 Å². The van der Waals surface area contributed by atoms with Gasteiger partial charge in [0, 0.05) is 12.6 Å². The van der Waals surface area contributed by atoms with Gasteiger partial charge in [-0.05, 0) is 18.6 Å². The van der Waals surface area contributed by atoms with Crippen LogP contribution in [0.2, 0.25) is 0 Å². The fourth-order valence-electron chi connectivity index (χ4n) is 1.69. The smallest absolute Gasteiger partial charge is 0.253 e. The van der Waals surface area contributed by atoms with Crippen molar-refractivity contribution < 1.29 is 14.4 Å². The van der Waals surface area contributed by atoms with E-state index in [0.717, 1.165) is 0 Å². The van der Waals surface area contributed by atoms with Gasteiger partial charge >= 0.3 is 0 Å². The number of piperidine rings is 1. The number of nitrogens with two attached hydrogens (primary N) is 1. The van der Waals surface area contributed by atoms with Crippen molar-refractivity contribution >= 4 is 23.5 Å². The Labute approximate surface area is 108 Å². The van der Waals surface area contributed by atoms with E-state index in [2.05, 4.69) is 21.0 Å². The highest BCUT2D eigenvalue weighted by molar-refractivity contribution is 6.03. The largest absolute Gasteiger partial charge is 0.340 e. The van der Waals surface area contributed by atoms with Gasteiger partial charge in [-0.3, -0.25) is 19.7 Å². The molecule has 2 heterocycles. The molecule has 5 N–H and O–H groups in total. The molecule has 1 fully saturated rings. The van der Waals surface area contributed by atoms with Crippen LogP contribution in [0.3, 0.4) is 0 Å². The maximum Gasteiger partial charge on any atom is 0.253 e. The van der Waals surface area contributed by atoms with E-state index in [1.54, 1.807) is 6.07 Å². The van der Waals surface area contributed by atoms with Gasteiger partial charge in [0.2, 0.25) is 11.8 Å². The maximum atomic E-state index is 11.9. The first-order valence-electron chi connectivity index (χ1n) is 5.67. The van der Waals surface area contributed by atoms with E-state index < -0.39 is 17.9 Å². The predicted octanol–water partition coefficient (Wildman–Crippen LogP) is -1.10. The van der Waals surface area contributed by atoms with Crippen LogP contribution < -0.4 is 21.9 Å². The van der Waals surface area contributed by atoms with Crippen LogP contribution in [-0.4, -0.2) is 28.7 Å². The molecule has 0 radical (unpaired) electrons. The third-order valence-electron chi connectivity index (χ3n) is 2.72. The predicted molar refractivity (Wildman–Crippen MR) is 65.7 cm³/mol. The van der Waals surface area contributed by atoms with Crippen molar-refractivity contribution in [2.24, 2.45) is 5.84 Å². The average molecular weight is 263 g/mol. The van der Waals surface area contributed by atoms with Crippen LogP contribution in [0.5, 0.6) is 0 Å². The number of hydrogen-bond acceptors (Lipinski definition) is 6. The standard InChI is InChI=1S/C11H13N5O3/c12-16-8-3-1-6(5-13-8)10(18)14-7-2-4-9(17)15-11(7)19/h1,3,5,7H,2,4,12H2,(H,13,16)(H,14,18)(H,15,17,19). The molecule has 1 saturated heterocycles. The summed E-state index contributed by atoms with van der Waals surface area (Å²) in [5.41, 5.74) is 2.65. The molecule has 0 aromatic carbocycles. The Balaban J connectivity index is 2.00. The fraction of sp³-hybridized carbons (Fsp3) is 0.273. The second-order valence-electron chi connectivity index (χ2n) is 4.05. The SMILES string of the molecule is NNc1ccc(C(=O)NC2CCC(=O)NC2=O)cn1. The number of anilines is 1. The molecule has 3 amide bonds. The minimum atomic E-state index is -0.697. The Bertz CT molecular complexity index is 514. The highest BCUT2D eigenvalue weighted by atomic mass is 16.2. The van der Waals surface area contributed by atoms with E-state index in [9.17, 15) is 14.4 Å². The summed E-state index contributed by atoms with van der Waals surface area (Å²) in [6.45, 7) is 0. The van der Waals surface area contributed by atoms with Gasteiger partial charge in [0.05, 0.1) is 5.56 Å². The highest BCUT2D eigenvalue weighted by Gasteiger charge is 2.28. The third kappa shape index (κ3) is 3.05. The molecule has 1 aromatic heterocycles. The second-order valence-corrected chi connectivity index (χ2v) is 4.05. The fourth-order valence-corrected chi connectivity index (χ4v) is 1.69. The summed E-state index contributed by atoms with van der Waals surface area (Å²) in [5, 5.41) is 4.72. The number of hydrogen-bond donors (Lipinski definition) is 4. The number of carbonyl (C=O) groups excluding carboxylic acids is 3.